The third kappa shape index (κ3) is 4.55. The van der Waals surface area contributed by atoms with Crippen LogP contribution in [0.2, 0.25) is 0 Å². The Labute approximate surface area is 122 Å². The monoisotopic (exact) mass is 277 g/mol. The number of amides is 1. The van der Waals surface area contributed by atoms with E-state index < -0.39 is 0 Å². The van der Waals surface area contributed by atoms with Gasteiger partial charge >= 0.3 is 0 Å². The number of carbonyl (C=O) groups excluding carboxylic acids is 1. The van der Waals surface area contributed by atoms with E-state index in [0.29, 0.717) is 13.2 Å². The third-order valence-electron chi connectivity index (χ3n) is 3.70. The highest BCUT2D eigenvalue weighted by Gasteiger charge is 2.28. The maximum absolute atomic E-state index is 12.2. The van der Waals surface area contributed by atoms with Crippen LogP contribution in [-0.2, 0) is 4.79 Å². The van der Waals surface area contributed by atoms with Crippen molar-refractivity contribution in [1.82, 2.24) is 4.90 Å². The summed E-state index contributed by atoms with van der Waals surface area (Å²) in [6.07, 6.45) is 0.841. The van der Waals surface area contributed by atoms with E-state index in [0.717, 1.165) is 12.2 Å². The van der Waals surface area contributed by atoms with Crippen molar-refractivity contribution in [3.05, 3.63) is 29.3 Å². The lowest BCUT2D eigenvalue weighted by Crippen LogP contribution is -2.40. The Kier molecular flexibility index (Phi) is 5.61. The number of rotatable bonds is 6. The molecule has 1 aromatic rings. The van der Waals surface area contributed by atoms with Crippen LogP contribution >= 0.6 is 0 Å². The number of aryl methyl sites for hydroxylation is 2. The first-order valence-corrected chi connectivity index (χ1v) is 7.23. The van der Waals surface area contributed by atoms with Crippen LogP contribution < -0.4 is 4.74 Å². The van der Waals surface area contributed by atoms with Crippen molar-refractivity contribution in [1.29, 1.82) is 0 Å². The van der Waals surface area contributed by atoms with E-state index in [2.05, 4.69) is 19.9 Å². The van der Waals surface area contributed by atoms with Crippen LogP contribution in [0.1, 0.15) is 38.3 Å². The van der Waals surface area contributed by atoms with E-state index in [1.807, 2.05) is 40.0 Å². The maximum atomic E-state index is 12.2. The molecule has 0 bridgehead atoms. The van der Waals surface area contributed by atoms with E-state index in [-0.39, 0.29) is 11.3 Å². The molecule has 1 rings (SSSR count). The highest BCUT2D eigenvalue weighted by atomic mass is 16.5. The van der Waals surface area contributed by atoms with E-state index in [1.165, 1.54) is 11.1 Å². The van der Waals surface area contributed by atoms with Gasteiger partial charge < -0.3 is 9.64 Å². The molecule has 112 valence electrons. The molecule has 0 aliphatic carbocycles. The summed E-state index contributed by atoms with van der Waals surface area (Å²) in [6.45, 7) is 11.2. The van der Waals surface area contributed by atoms with Crippen molar-refractivity contribution in [3.63, 3.8) is 0 Å². The van der Waals surface area contributed by atoms with Gasteiger partial charge in [-0.05, 0) is 43.5 Å². The van der Waals surface area contributed by atoms with Crippen molar-refractivity contribution < 1.29 is 9.53 Å². The zero-order valence-corrected chi connectivity index (χ0v) is 13.6. The molecule has 0 atom stereocenters. The summed E-state index contributed by atoms with van der Waals surface area (Å²) in [4.78, 5) is 14.0. The van der Waals surface area contributed by atoms with Gasteiger partial charge in [-0.2, -0.15) is 0 Å². The third-order valence-corrected chi connectivity index (χ3v) is 3.70. The normalized spacial score (nSPS) is 11.3. The van der Waals surface area contributed by atoms with Gasteiger partial charge in [-0.3, -0.25) is 4.79 Å². The first-order valence-electron chi connectivity index (χ1n) is 7.23. The first-order chi connectivity index (χ1) is 9.26. The van der Waals surface area contributed by atoms with Gasteiger partial charge in [0, 0.05) is 12.5 Å². The Hall–Kier alpha value is -1.51. The zero-order chi connectivity index (χ0) is 15.3. The molecule has 0 heterocycles. The highest BCUT2D eigenvalue weighted by Crippen LogP contribution is 2.22. The van der Waals surface area contributed by atoms with Gasteiger partial charge in [0.2, 0.25) is 5.91 Å². The van der Waals surface area contributed by atoms with E-state index in [1.54, 1.807) is 4.90 Å². The summed E-state index contributed by atoms with van der Waals surface area (Å²) in [7, 11) is 1.84. The first kappa shape index (κ1) is 16.5. The van der Waals surface area contributed by atoms with Crippen LogP contribution in [0.5, 0.6) is 5.75 Å². The average Bonchev–Trinajstić information content (AvgIpc) is 2.36. The molecule has 0 saturated heterocycles. The minimum atomic E-state index is -0.297. The van der Waals surface area contributed by atoms with Crippen LogP contribution in [0.3, 0.4) is 0 Å². The number of benzene rings is 1. The molecule has 0 unspecified atom stereocenters. The molecule has 0 fully saturated rings. The van der Waals surface area contributed by atoms with Crippen molar-refractivity contribution in [2.24, 2.45) is 5.41 Å². The van der Waals surface area contributed by atoms with Crippen molar-refractivity contribution in [2.45, 2.75) is 41.0 Å². The Balaban J connectivity index is 2.50. The summed E-state index contributed by atoms with van der Waals surface area (Å²) in [5, 5.41) is 0. The van der Waals surface area contributed by atoms with Crippen molar-refractivity contribution >= 4 is 5.91 Å². The molecular weight excluding hydrogens is 250 g/mol. The fraction of sp³-hybridized carbons (Fsp3) is 0.588. The number of hydrogen-bond donors (Lipinski definition) is 0. The molecule has 0 saturated carbocycles. The second-order valence-electron chi connectivity index (χ2n) is 6.14. The van der Waals surface area contributed by atoms with Gasteiger partial charge in [-0.1, -0.05) is 26.8 Å². The van der Waals surface area contributed by atoms with Gasteiger partial charge in [-0.25, -0.2) is 0 Å². The molecule has 0 spiro atoms. The quantitative estimate of drug-likeness (QED) is 0.795. The minimum Gasteiger partial charge on any atom is -0.492 e. The van der Waals surface area contributed by atoms with Crippen LogP contribution in [-0.4, -0.2) is 31.0 Å². The van der Waals surface area contributed by atoms with Crippen molar-refractivity contribution in [2.75, 3.05) is 20.2 Å². The molecule has 0 radical (unpaired) electrons. The fourth-order valence-electron chi connectivity index (χ4n) is 2.09. The lowest BCUT2D eigenvalue weighted by atomic mass is 9.89. The Morgan fingerprint density at radius 2 is 1.75 bits per heavy atom. The second kappa shape index (κ2) is 6.78. The van der Waals surface area contributed by atoms with Gasteiger partial charge in [0.25, 0.3) is 0 Å². The summed E-state index contributed by atoms with van der Waals surface area (Å²) < 4.78 is 5.74. The summed E-state index contributed by atoms with van der Waals surface area (Å²) >= 11 is 0. The number of likely N-dealkylation sites (N-methyl/N-ethyl adjacent to an activating group) is 1. The van der Waals surface area contributed by atoms with Crippen LogP contribution in [0.4, 0.5) is 0 Å². The summed E-state index contributed by atoms with van der Waals surface area (Å²) in [6, 6.07) is 6.15. The number of ether oxygens (including phenoxy) is 1. The highest BCUT2D eigenvalue weighted by molar-refractivity contribution is 5.81. The lowest BCUT2D eigenvalue weighted by Gasteiger charge is -2.28. The fourth-order valence-corrected chi connectivity index (χ4v) is 2.09. The van der Waals surface area contributed by atoms with Crippen LogP contribution in [0.15, 0.2) is 18.2 Å². The van der Waals surface area contributed by atoms with E-state index >= 15 is 0 Å². The molecule has 20 heavy (non-hydrogen) atoms. The minimum absolute atomic E-state index is 0.170. The van der Waals surface area contributed by atoms with E-state index in [9.17, 15) is 4.79 Å². The Morgan fingerprint density at radius 3 is 2.25 bits per heavy atom. The molecule has 0 aromatic heterocycles. The summed E-state index contributed by atoms with van der Waals surface area (Å²) in [5.74, 6) is 1.04. The molecular formula is C17H27NO2. The average molecular weight is 277 g/mol. The molecule has 1 aromatic carbocycles. The Morgan fingerprint density at radius 1 is 1.20 bits per heavy atom. The van der Waals surface area contributed by atoms with Gasteiger partial charge in [0.15, 0.2) is 0 Å². The number of nitrogens with zero attached hydrogens (tertiary/aromatic N) is 1. The molecule has 1 amide bonds. The van der Waals surface area contributed by atoms with E-state index in [4.69, 9.17) is 4.74 Å². The van der Waals surface area contributed by atoms with Gasteiger partial charge in [-0.15, -0.1) is 0 Å². The maximum Gasteiger partial charge on any atom is 0.228 e. The van der Waals surface area contributed by atoms with Gasteiger partial charge in [0.05, 0.1) is 6.54 Å². The smallest absolute Gasteiger partial charge is 0.228 e. The lowest BCUT2D eigenvalue weighted by molar-refractivity contribution is -0.139. The standard InChI is InChI=1S/C17H27NO2/c1-7-17(4,5)16(19)18(6)8-9-20-15-11-13(2)10-14(3)12-15/h10-12H,7-9H2,1-6H3. The predicted molar refractivity (Wildman–Crippen MR) is 83.1 cm³/mol. The van der Waals surface area contributed by atoms with Crippen molar-refractivity contribution in [3.8, 4) is 5.75 Å². The molecule has 0 aliphatic rings. The molecule has 3 nitrogen and oxygen atoms in total. The largest absolute Gasteiger partial charge is 0.492 e. The predicted octanol–water partition coefficient (Wildman–Crippen LogP) is 3.58. The zero-order valence-electron chi connectivity index (χ0n) is 13.6. The van der Waals surface area contributed by atoms with Crippen LogP contribution in [0, 0.1) is 19.3 Å². The SMILES string of the molecule is CCC(C)(C)C(=O)N(C)CCOc1cc(C)cc(C)c1. The topological polar surface area (TPSA) is 29.5 Å². The molecule has 0 aliphatic heterocycles. The molecule has 3 heteroatoms. The molecule has 0 N–H and O–H groups in total. The Bertz CT molecular complexity index is 446. The second-order valence-corrected chi connectivity index (χ2v) is 6.14. The van der Waals surface area contributed by atoms with Gasteiger partial charge in [0.1, 0.15) is 12.4 Å². The summed E-state index contributed by atoms with van der Waals surface area (Å²) in [5.41, 5.74) is 2.09. The number of carbonyl (C=O) groups is 1. The number of hydrogen-bond acceptors (Lipinski definition) is 2. The van der Waals surface area contributed by atoms with Crippen LogP contribution in [0.25, 0.3) is 0 Å².